The van der Waals surface area contributed by atoms with Crippen LogP contribution in [0.5, 0.6) is 0 Å². The monoisotopic (exact) mass is 365 g/mol. The van der Waals surface area contributed by atoms with E-state index in [1.165, 1.54) is 0 Å². The Hall–Kier alpha value is -2.28. The van der Waals surface area contributed by atoms with Crippen molar-refractivity contribution < 1.29 is 19.1 Å². The van der Waals surface area contributed by atoms with Crippen LogP contribution in [0.25, 0.3) is 0 Å². The van der Waals surface area contributed by atoms with Gasteiger partial charge in [0.15, 0.2) is 0 Å². The van der Waals surface area contributed by atoms with Crippen molar-refractivity contribution in [1.29, 1.82) is 0 Å². The number of para-hydroxylation sites is 1. The molecule has 0 atom stereocenters. The lowest BCUT2D eigenvalue weighted by Gasteiger charge is -2.30. The topological polar surface area (TPSA) is 71.1 Å². The van der Waals surface area contributed by atoms with Gasteiger partial charge in [0.25, 0.3) is 0 Å². The Morgan fingerprint density at radius 1 is 0.962 bits per heavy atom. The Morgan fingerprint density at radius 2 is 1.50 bits per heavy atom. The Bertz CT molecular complexity index is 630. The number of benzene rings is 1. The first-order chi connectivity index (χ1) is 11.8. The van der Waals surface area contributed by atoms with Crippen molar-refractivity contribution in [3.8, 4) is 0 Å². The van der Waals surface area contributed by atoms with Gasteiger partial charge in [-0.15, -0.1) is 0 Å². The van der Waals surface area contributed by atoms with Gasteiger partial charge in [-0.25, -0.2) is 15.0 Å². The Labute approximate surface area is 156 Å². The van der Waals surface area contributed by atoms with Crippen LogP contribution in [-0.2, 0) is 16.0 Å². The molecule has 7 heteroatoms. The van der Waals surface area contributed by atoms with Crippen molar-refractivity contribution in [2.45, 2.75) is 59.3 Å². The van der Waals surface area contributed by atoms with Gasteiger partial charge in [-0.2, -0.15) is 5.01 Å². The molecule has 0 aliphatic heterocycles. The minimum atomic E-state index is -0.733. The Balaban J connectivity index is 3.20. The van der Waals surface area contributed by atoms with Crippen LogP contribution >= 0.6 is 0 Å². The molecule has 0 saturated carbocycles. The van der Waals surface area contributed by atoms with E-state index < -0.39 is 23.4 Å². The Morgan fingerprint density at radius 3 is 2.00 bits per heavy atom. The van der Waals surface area contributed by atoms with Crippen molar-refractivity contribution in [3.63, 3.8) is 0 Å². The van der Waals surface area contributed by atoms with E-state index in [0.717, 1.165) is 10.6 Å². The number of hydrazine groups is 1. The predicted octanol–water partition coefficient (Wildman–Crippen LogP) is 3.93. The van der Waals surface area contributed by atoms with Gasteiger partial charge < -0.3 is 14.4 Å². The quantitative estimate of drug-likeness (QED) is 0.822. The maximum Gasteiger partial charge on any atom is 0.434 e. The number of hydrogen-bond donors (Lipinski definition) is 1. The van der Waals surface area contributed by atoms with E-state index in [0.29, 0.717) is 12.2 Å². The van der Waals surface area contributed by atoms with E-state index >= 15 is 0 Å². The lowest BCUT2D eigenvalue weighted by Crippen LogP contribution is -2.50. The largest absolute Gasteiger partial charge is 0.443 e. The van der Waals surface area contributed by atoms with Crippen LogP contribution in [-0.4, -0.2) is 42.4 Å². The summed E-state index contributed by atoms with van der Waals surface area (Å²) in [4.78, 5) is 26.9. The molecule has 26 heavy (non-hydrogen) atoms. The van der Waals surface area contributed by atoms with Gasteiger partial charge >= 0.3 is 12.2 Å². The summed E-state index contributed by atoms with van der Waals surface area (Å²) in [7, 11) is 3.85. The third kappa shape index (κ3) is 7.74. The zero-order valence-electron chi connectivity index (χ0n) is 17.0. The highest BCUT2D eigenvalue weighted by atomic mass is 16.6. The number of carbonyl (C=O) groups excluding carboxylic acids is 2. The molecule has 0 fully saturated rings. The molecule has 0 aliphatic rings. The summed E-state index contributed by atoms with van der Waals surface area (Å²) in [6.45, 7) is 11.2. The van der Waals surface area contributed by atoms with Gasteiger partial charge in [0, 0.05) is 6.54 Å². The zero-order chi connectivity index (χ0) is 20.1. The van der Waals surface area contributed by atoms with Crippen molar-refractivity contribution in [2.75, 3.05) is 19.1 Å². The number of nitrogens with one attached hydrogen (secondary N) is 1. The fraction of sp³-hybridized carbons (Fsp3) is 0.579. The fourth-order valence-corrected chi connectivity index (χ4v) is 2.11. The average Bonchev–Trinajstić information content (AvgIpc) is 2.41. The van der Waals surface area contributed by atoms with Gasteiger partial charge in [-0.05, 0) is 67.3 Å². The van der Waals surface area contributed by atoms with E-state index in [9.17, 15) is 9.59 Å². The van der Waals surface area contributed by atoms with Crippen LogP contribution < -0.4 is 10.4 Å². The molecule has 1 rings (SSSR count). The lowest BCUT2D eigenvalue weighted by atomic mass is 10.1. The summed E-state index contributed by atoms with van der Waals surface area (Å²) >= 11 is 0. The lowest BCUT2D eigenvalue weighted by molar-refractivity contribution is 0.0425. The summed E-state index contributed by atoms with van der Waals surface area (Å²) in [5.41, 5.74) is 2.50. The molecule has 1 N–H and O–H groups in total. The minimum Gasteiger partial charge on any atom is -0.443 e. The second-order valence-corrected chi connectivity index (χ2v) is 8.30. The van der Waals surface area contributed by atoms with Crippen molar-refractivity contribution in [2.24, 2.45) is 0 Å². The maximum atomic E-state index is 12.7. The van der Waals surface area contributed by atoms with Gasteiger partial charge in [0.05, 0.1) is 5.69 Å². The van der Waals surface area contributed by atoms with E-state index in [1.54, 1.807) is 53.7 Å². The van der Waals surface area contributed by atoms with E-state index in [1.807, 2.05) is 31.1 Å². The third-order valence-corrected chi connectivity index (χ3v) is 2.90. The normalized spacial score (nSPS) is 11.9. The van der Waals surface area contributed by atoms with Gasteiger partial charge in [-0.3, -0.25) is 0 Å². The van der Waals surface area contributed by atoms with Gasteiger partial charge in [0.2, 0.25) is 0 Å². The van der Waals surface area contributed by atoms with Crippen LogP contribution in [0.3, 0.4) is 0 Å². The molecule has 0 saturated heterocycles. The third-order valence-electron chi connectivity index (χ3n) is 2.90. The second-order valence-electron chi connectivity index (χ2n) is 8.30. The van der Waals surface area contributed by atoms with Crippen molar-refractivity contribution >= 4 is 17.9 Å². The average molecular weight is 365 g/mol. The molecule has 1 aromatic rings. The number of hydrogen-bond acceptors (Lipinski definition) is 5. The summed E-state index contributed by atoms with van der Waals surface area (Å²) < 4.78 is 10.7. The number of carbonyl (C=O) groups is 2. The number of anilines is 1. The zero-order valence-corrected chi connectivity index (χ0v) is 17.0. The van der Waals surface area contributed by atoms with Crippen LogP contribution in [0.1, 0.15) is 47.1 Å². The molecule has 0 bridgehead atoms. The standard InChI is InChI=1S/C19H31N3O4/c1-18(2,3)25-16(23)20-22(17(24)26-19(4,5)6)15-12-10-9-11-14(15)13-21(7)8/h9-12H,13H2,1-8H3,(H,20,23). The number of ether oxygens (including phenoxy) is 2. The van der Waals surface area contributed by atoms with Gasteiger partial charge in [0.1, 0.15) is 11.2 Å². The first-order valence-corrected chi connectivity index (χ1v) is 8.54. The smallest absolute Gasteiger partial charge is 0.434 e. The predicted molar refractivity (Wildman–Crippen MR) is 102 cm³/mol. The summed E-state index contributed by atoms with van der Waals surface area (Å²) in [5.74, 6) is 0. The molecule has 0 unspecified atom stereocenters. The summed E-state index contributed by atoms with van der Waals surface area (Å²) in [5, 5.41) is 1.10. The highest BCUT2D eigenvalue weighted by Crippen LogP contribution is 2.23. The first kappa shape index (κ1) is 21.8. The number of nitrogens with zero attached hydrogens (tertiary/aromatic N) is 2. The molecule has 1 aromatic carbocycles. The number of rotatable bonds is 3. The molecular weight excluding hydrogens is 334 g/mol. The first-order valence-electron chi connectivity index (χ1n) is 8.54. The minimum absolute atomic E-state index is 0.529. The maximum absolute atomic E-state index is 12.7. The highest BCUT2D eigenvalue weighted by molar-refractivity contribution is 5.91. The molecule has 146 valence electrons. The fourth-order valence-electron chi connectivity index (χ4n) is 2.11. The molecular formula is C19H31N3O4. The van der Waals surface area contributed by atoms with Crippen LogP contribution in [0.15, 0.2) is 24.3 Å². The van der Waals surface area contributed by atoms with Crippen molar-refractivity contribution in [1.82, 2.24) is 10.3 Å². The molecule has 0 aromatic heterocycles. The molecule has 0 aliphatic carbocycles. The van der Waals surface area contributed by atoms with Crippen molar-refractivity contribution in [3.05, 3.63) is 29.8 Å². The van der Waals surface area contributed by atoms with Gasteiger partial charge in [-0.1, -0.05) is 18.2 Å². The second kappa shape index (κ2) is 8.40. The van der Waals surface area contributed by atoms with Crippen LogP contribution in [0, 0.1) is 0 Å². The van der Waals surface area contributed by atoms with Crippen LogP contribution in [0.2, 0.25) is 0 Å². The Kier molecular flexibility index (Phi) is 7.03. The SMILES string of the molecule is CN(C)Cc1ccccc1N(NC(=O)OC(C)(C)C)C(=O)OC(C)(C)C. The molecule has 0 heterocycles. The van der Waals surface area contributed by atoms with E-state index in [-0.39, 0.29) is 0 Å². The summed E-state index contributed by atoms with van der Waals surface area (Å²) in [6, 6.07) is 7.31. The number of amides is 2. The molecule has 7 nitrogen and oxygen atoms in total. The van der Waals surface area contributed by atoms with Crippen LogP contribution in [0.4, 0.5) is 15.3 Å². The molecule has 2 amide bonds. The summed E-state index contributed by atoms with van der Waals surface area (Å²) in [6.07, 6.45) is -1.42. The molecule has 0 spiro atoms. The van der Waals surface area contributed by atoms with E-state index in [4.69, 9.17) is 9.47 Å². The van der Waals surface area contributed by atoms with E-state index in [2.05, 4.69) is 5.43 Å². The highest BCUT2D eigenvalue weighted by Gasteiger charge is 2.28. The molecule has 0 radical (unpaired) electrons.